The molecule has 2 aliphatic heterocycles. The number of hydrogen-bond donors (Lipinski definition) is 1. The summed E-state index contributed by atoms with van der Waals surface area (Å²) in [4.78, 5) is 13.2. The lowest BCUT2D eigenvalue weighted by molar-refractivity contribution is -0.118. The predicted octanol–water partition coefficient (Wildman–Crippen LogP) is 0.721. The van der Waals surface area contributed by atoms with Gasteiger partial charge >= 0.3 is 0 Å². The van der Waals surface area contributed by atoms with Crippen molar-refractivity contribution in [3.05, 3.63) is 36.3 Å². The molecular weight excluding hydrogens is 220 g/mol. The van der Waals surface area contributed by atoms with Crippen molar-refractivity contribution in [1.29, 1.82) is 0 Å². The summed E-state index contributed by atoms with van der Waals surface area (Å²) in [7, 11) is 1.63. The number of ether oxygens (including phenoxy) is 2. The van der Waals surface area contributed by atoms with Gasteiger partial charge in [-0.1, -0.05) is 12.7 Å². The Kier molecular flexibility index (Phi) is 3.31. The first-order chi connectivity index (χ1) is 8.11. The number of carbonyl (C=O) groups excluding carboxylic acids is 1. The number of carbonyl (C=O) groups is 1. The lowest BCUT2D eigenvalue weighted by atomic mass is 10.2. The highest BCUT2D eigenvalue weighted by Crippen LogP contribution is 2.21. The highest BCUT2D eigenvalue weighted by molar-refractivity contribution is 5.94. The van der Waals surface area contributed by atoms with Crippen molar-refractivity contribution in [2.75, 3.05) is 13.7 Å². The minimum atomic E-state index is -0.238. The molecule has 0 fully saturated rings. The average Bonchev–Trinajstić information content (AvgIpc) is 2.72. The fourth-order valence-electron chi connectivity index (χ4n) is 1.77. The van der Waals surface area contributed by atoms with Crippen molar-refractivity contribution in [2.45, 2.75) is 19.3 Å². The monoisotopic (exact) mass is 236 g/mol. The molecule has 0 aromatic carbocycles. The molecule has 0 aliphatic carbocycles. The van der Waals surface area contributed by atoms with Crippen molar-refractivity contribution in [2.24, 2.45) is 0 Å². The van der Waals surface area contributed by atoms with E-state index in [4.69, 9.17) is 9.47 Å². The number of amides is 1. The van der Waals surface area contributed by atoms with Gasteiger partial charge in [0, 0.05) is 18.9 Å². The molecule has 0 aromatic rings. The third-order valence-corrected chi connectivity index (χ3v) is 2.67. The Bertz CT molecular complexity index is 401. The molecule has 0 spiro atoms. The maximum Gasteiger partial charge on any atom is 0.253 e. The van der Waals surface area contributed by atoms with E-state index in [1.54, 1.807) is 25.1 Å². The summed E-state index contributed by atoms with van der Waals surface area (Å²) < 4.78 is 10.8. The second kappa shape index (κ2) is 4.73. The molecule has 1 N–H and O–H groups in total. The molecule has 17 heavy (non-hydrogen) atoms. The summed E-state index contributed by atoms with van der Waals surface area (Å²) >= 11 is 0. The molecule has 5 nitrogen and oxygen atoms in total. The molecule has 0 aromatic heterocycles. The second-order valence-corrected chi connectivity index (χ2v) is 4.03. The Labute approximate surface area is 100 Å². The van der Waals surface area contributed by atoms with Crippen molar-refractivity contribution in [3.8, 4) is 0 Å². The van der Waals surface area contributed by atoms with Gasteiger partial charge in [-0.15, -0.1) is 0 Å². The van der Waals surface area contributed by atoms with E-state index < -0.39 is 0 Å². The summed E-state index contributed by atoms with van der Waals surface area (Å²) in [6, 6.07) is 0. The van der Waals surface area contributed by atoms with Crippen LogP contribution < -0.4 is 5.32 Å². The Hall–Kier alpha value is -1.59. The van der Waals surface area contributed by atoms with Gasteiger partial charge in [0.1, 0.15) is 11.9 Å². The van der Waals surface area contributed by atoms with Gasteiger partial charge in [-0.05, 0) is 13.0 Å². The number of nitrogens with zero attached hydrogens (tertiary/aromatic N) is 1. The smallest absolute Gasteiger partial charge is 0.253 e. The van der Waals surface area contributed by atoms with E-state index in [9.17, 15) is 4.79 Å². The molecule has 0 saturated heterocycles. The lowest BCUT2D eigenvalue weighted by Gasteiger charge is -2.32. The van der Waals surface area contributed by atoms with Crippen LogP contribution >= 0.6 is 0 Å². The van der Waals surface area contributed by atoms with E-state index in [1.807, 2.05) is 12.2 Å². The number of rotatable bonds is 3. The lowest BCUT2D eigenvalue weighted by Crippen LogP contribution is -2.42. The topological polar surface area (TPSA) is 50.8 Å². The number of hydrogen-bond acceptors (Lipinski definition) is 4. The van der Waals surface area contributed by atoms with E-state index in [0.717, 1.165) is 0 Å². The summed E-state index contributed by atoms with van der Waals surface area (Å²) in [5.41, 5.74) is 0.629. The van der Waals surface area contributed by atoms with Crippen LogP contribution in [-0.2, 0) is 14.3 Å². The SMILES string of the molecule is C=C1NC(=O)C(C)=CN1[C@H]1C=C[C@@H](COC)O1. The third kappa shape index (κ3) is 2.40. The Morgan fingerprint density at radius 1 is 1.59 bits per heavy atom. The highest BCUT2D eigenvalue weighted by atomic mass is 16.5. The van der Waals surface area contributed by atoms with Crippen LogP contribution in [0.5, 0.6) is 0 Å². The predicted molar refractivity (Wildman–Crippen MR) is 62.6 cm³/mol. The molecule has 2 rings (SSSR count). The Morgan fingerprint density at radius 3 is 3.06 bits per heavy atom. The van der Waals surface area contributed by atoms with Crippen molar-refractivity contribution in [3.63, 3.8) is 0 Å². The molecule has 2 atom stereocenters. The summed E-state index contributed by atoms with van der Waals surface area (Å²) in [6.45, 7) is 6.07. The van der Waals surface area contributed by atoms with Gasteiger partial charge in [-0.25, -0.2) is 0 Å². The fourth-order valence-corrected chi connectivity index (χ4v) is 1.77. The van der Waals surface area contributed by atoms with Gasteiger partial charge in [-0.3, -0.25) is 4.79 Å². The first-order valence-corrected chi connectivity index (χ1v) is 5.41. The van der Waals surface area contributed by atoms with Crippen molar-refractivity contribution >= 4 is 5.91 Å². The summed E-state index contributed by atoms with van der Waals surface area (Å²) in [6.07, 6.45) is 5.32. The van der Waals surface area contributed by atoms with Gasteiger partial charge in [0.05, 0.1) is 6.61 Å². The first-order valence-electron chi connectivity index (χ1n) is 5.41. The molecule has 0 bridgehead atoms. The molecule has 92 valence electrons. The molecule has 0 radical (unpaired) electrons. The van der Waals surface area contributed by atoms with Crippen molar-refractivity contribution < 1.29 is 14.3 Å². The molecule has 0 saturated carbocycles. The molecule has 1 amide bonds. The van der Waals surface area contributed by atoms with Gasteiger partial charge in [0.25, 0.3) is 5.91 Å². The highest BCUT2D eigenvalue weighted by Gasteiger charge is 2.28. The quantitative estimate of drug-likeness (QED) is 0.734. The molecular formula is C12H16N2O3. The van der Waals surface area contributed by atoms with Crippen LogP contribution in [0, 0.1) is 0 Å². The van der Waals surface area contributed by atoms with Crippen LogP contribution in [0.15, 0.2) is 36.3 Å². The van der Waals surface area contributed by atoms with Crippen molar-refractivity contribution in [1.82, 2.24) is 10.2 Å². The zero-order chi connectivity index (χ0) is 12.4. The Balaban J connectivity index is 2.07. The maximum atomic E-state index is 11.4. The van der Waals surface area contributed by atoms with E-state index in [0.29, 0.717) is 18.0 Å². The summed E-state index contributed by atoms with van der Waals surface area (Å²) in [5, 5.41) is 2.68. The number of methoxy groups -OCH3 is 1. The van der Waals surface area contributed by atoms with Gasteiger partial charge in [-0.2, -0.15) is 0 Å². The molecule has 2 aliphatic rings. The van der Waals surface area contributed by atoms with E-state index in [2.05, 4.69) is 11.9 Å². The van der Waals surface area contributed by atoms with Crippen LogP contribution in [0.1, 0.15) is 6.92 Å². The molecule has 2 heterocycles. The van der Waals surface area contributed by atoms with Crippen LogP contribution in [0.2, 0.25) is 0 Å². The second-order valence-electron chi connectivity index (χ2n) is 4.03. The minimum absolute atomic E-state index is 0.0517. The van der Waals surface area contributed by atoms with Gasteiger partial charge < -0.3 is 19.7 Å². The van der Waals surface area contributed by atoms with E-state index in [1.165, 1.54) is 0 Å². The molecule has 0 unspecified atom stereocenters. The fraction of sp³-hybridized carbons (Fsp3) is 0.417. The van der Waals surface area contributed by atoms with E-state index in [-0.39, 0.29) is 18.2 Å². The van der Waals surface area contributed by atoms with E-state index >= 15 is 0 Å². The first kappa shape index (κ1) is 11.9. The minimum Gasteiger partial charge on any atom is -0.382 e. The van der Waals surface area contributed by atoms with Crippen LogP contribution in [0.4, 0.5) is 0 Å². The third-order valence-electron chi connectivity index (χ3n) is 2.67. The zero-order valence-electron chi connectivity index (χ0n) is 9.97. The Morgan fingerprint density at radius 2 is 2.35 bits per heavy atom. The maximum absolute atomic E-state index is 11.4. The van der Waals surface area contributed by atoms with Crippen LogP contribution in [0.3, 0.4) is 0 Å². The molecule has 5 heteroatoms. The summed E-state index contributed by atoms with van der Waals surface area (Å²) in [5.74, 6) is 0.398. The standard InChI is InChI=1S/C12H16N2O3/c1-8-6-14(9(2)13-12(8)15)11-5-4-10(17-11)7-16-3/h4-6,10-11H,2,7H2,1,3H3,(H,13,15)/t10-,11+/m0/s1. The average molecular weight is 236 g/mol. The van der Waals surface area contributed by atoms with Crippen LogP contribution in [-0.4, -0.2) is 36.9 Å². The van der Waals surface area contributed by atoms with Crippen LogP contribution in [0.25, 0.3) is 0 Å². The van der Waals surface area contributed by atoms with Gasteiger partial charge in [0.15, 0.2) is 6.23 Å². The normalized spacial score (nSPS) is 28.4. The van der Waals surface area contributed by atoms with Gasteiger partial charge in [0.2, 0.25) is 0 Å². The zero-order valence-corrected chi connectivity index (χ0v) is 9.97. The largest absolute Gasteiger partial charge is 0.382 e. The number of nitrogens with one attached hydrogen (secondary N) is 1.